The third kappa shape index (κ3) is 3.45. The monoisotopic (exact) mass is 237 g/mol. The maximum absolute atomic E-state index is 11.9. The first-order valence-electron chi connectivity index (χ1n) is 6.30. The summed E-state index contributed by atoms with van der Waals surface area (Å²) in [6, 6.07) is 0.557. The molecule has 0 spiro atoms. The molecule has 3 unspecified atom stereocenters. The van der Waals surface area contributed by atoms with E-state index < -0.39 is 0 Å². The molecule has 0 radical (unpaired) electrons. The van der Waals surface area contributed by atoms with Gasteiger partial charge in [0.15, 0.2) is 0 Å². The lowest BCUT2D eigenvalue weighted by Gasteiger charge is -2.43. The lowest BCUT2D eigenvalue weighted by Crippen LogP contribution is -2.57. The fourth-order valence-corrected chi connectivity index (χ4v) is 2.67. The predicted octanol–water partition coefficient (Wildman–Crippen LogP) is 0.326. The average Bonchev–Trinajstić information content (AvgIpc) is 2.34. The second-order valence-electron chi connectivity index (χ2n) is 4.71. The number of rotatable bonds is 4. The van der Waals surface area contributed by atoms with Crippen molar-refractivity contribution < 1.29 is 4.79 Å². The minimum Gasteiger partial charge on any atom is -0.344 e. The molecule has 3 atom stereocenters. The highest BCUT2D eigenvalue weighted by Crippen LogP contribution is 2.24. The second kappa shape index (κ2) is 6.63. The van der Waals surface area contributed by atoms with E-state index in [1.807, 2.05) is 6.92 Å². The molecule has 0 aromatic rings. The van der Waals surface area contributed by atoms with Gasteiger partial charge >= 0.3 is 0 Å². The Balaban J connectivity index is 2.66. The molecule has 1 fully saturated rings. The van der Waals surface area contributed by atoms with Crippen molar-refractivity contribution in [3.63, 3.8) is 0 Å². The summed E-state index contributed by atoms with van der Waals surface area (Å²) in [4.78, 5) is 14.2. The van der Waals surface area contributed by atoms with Crippen molar-refractivity contribution in [2.75, 3.05) is 13.1 Å². The van der Waals surface area contributed by atoms with Crippen molar-refractivity contribution in [1.29, 1.82) is 0 Å². The fraction of sp³-hybridized carbons (Fsp3) is 0.769. The van der Waals surface area contributed by atoms with Crippen LogP contribution in [0.3, 0.4) is 0 Å². The van der Waals surface area contributed by atoms with E-state index in [1.54, 1.807) is 0 Å². The van der Waals surface area contributed by atoms with Crippen LogP contribution in [0.1, 0.15) is 33.1 Å². The lowest BCUT2D eigenvalue weighted by atomic mass is 9.94. The van der Waals surface area contributed by atoms with Crippen LogP contribution in [0.2, 0.25) is 0 Å². The molecule has 1 aliphatic rings. The molecular weight excluding hydrogens is 214 g/mol. The van der Waals surface area contributed by atoms with Gasteiger partial charge in [0.05, 0.1) is 12.6 Å². The van der Waals surface area contributed by atoms with Gasteiger partial charge in [-0.05, 0) is 26.7 Å². The molecule has 17 heavy (non-hydrogen) atoms. The van der Waals surface area contributed by atoms with Crippen molar-refractivity contribution in [2.24, 2.45) is 5.73 Å². The normalized spacial score (nSPS) is 27.2. The van der Waals surface area contributed by atoms with E-state index in [0.29, 0.717) is 25.2 Å². The molecule has 1 amide bonds. The number of nitrogens with one attached hydrogen (secondary N) is 1. The molecule has 96 valence electrons. The largest absolute Gasteiger partial charge is 0.344 e. The summed E-state index contributed by atoms with van der Waals surface area (Å²) in [5.74, 6) is 2.41. The molecule has 1 heterocycles. The number of piperidine rings is 1. The molecule has 1 rings (SSSR count). The number of carbonyl (C=O) groups is 1. The first kappa shape index (κ1) is 14.0. The summed E-state index contributed by atoms with van der Waals surface area (Å²) in [7, 11) is 0. The Hall–Kier alpha value is -1.05. The van der Waals surface area contributed by atoms with E-state index in [0.717, 1.165) is 12.8 Å². The van der Waals surface area contributed by atoms with Crippen molar-refractivity contribution in [1.82, 2.24) is 10.2 Å². The molecular formula is C13H23N3O. The van der Waals surface area contributed by atoms with Gasteiger partial charge in [-0.2, -0.15) is 0 Å². The van der Waals surface area contributed by atoms with E-state index in [4.69, 9.17) is 12.2 Å². The summed E-state index contributed by atoms with van der Waals surface area (Å²) < 4.78 is 0. The maximum atomic E-state index is 11.9. The Morgan fingerprint density at radius 3 is 2.94 bits per heavy atom. The van der Waals surface area contributed by atoms with Crippen LogP contribution < -0.4 is 11.1 Å². The van der Waals surface area contributed by atoms with Crippen LogP contribution in [0, 0.1) is 12.3 Å². The standard InChI is InChI=1S/C13H23N3O/c1-4-8-15-13(17)11(3)16-10(2)6-5-7-12(16)9-14/h1,10-12H,5-9,14H2,2-3H3,(H,15,17). The average molecular weight is 237 g/mol. The number of terminal acetylenes is 1. The van der Waals surface area contributed by atoms with E-state index in [1.165, 1.54) is 6.42 Å². The Kier molecular flexibility index (Phi) is 5.46. The van der Waals surface area contributed by atoms with Gasteiger partial charge in [-0.15, -0.1) is 6.42 Å². The Morgan fingerprint density at radius 1 is 1.65 bits per heavy atom. The third-order valence-corrected chi connectivity index (χ3v) is 3.55. The molecule has 0 aromatic heterocycles. The number of likely N-dealkylation sites (tertiary alicyclic amines) is 1. The van der Waals surface area contributed by atoms with E-state index in [9.17, 15) is 4.79 Å². The van der Waals surface area contributed by atoms with Crippen LogP contribution in [0.15, 0.2) is 0 Å². The van der Waals surface area contributed by atoms with Gasteiger partial charge in [0, 0.05) is 18.6 Å². The minimum absolute atomic E-state index is 0.00449. The number of amides is 1. The summed E-state index contributed by atoms with van der Waals surface area (Å²) in [6.07, 6.45) is 8.54. The number of nitrogens with zero attached hydrogens (tertiary/aromatic N) is 1. The van der Waals surface area contributed by atoms with Crippen molar-refractivity contribution in [2.45, 2.75) is 51.2 Å². The SMILES string of the molecule is C#CCNC(=O)C(C)N1C(C)CCCC1CN. The summed E-state index contributed by atoms with van der Waals surface area (Å²) in [5, 5.41) is 2.74. The maximum Gasteiger partial charge on any atom is 0.237 e. The highest BCUT2D eigenvalue weighted by Gasteiger charge is 2.33. The predicted molar refractivity (Wildman–Crippen MR) is 69.3 cm³/mol. The van der Waals surface area contributed by atoms with Gasteiger partial charge in [-0.25, -0.2) is 0 Å². The van der Waals surface area contributed by atoms with E-state index in [-0.39, 0.29) is 11.9 Å². The van der Waals surface area contributed by atoms with Gasteiger partial charge in [0.25, 0.3) is 0 Å². The third-order valence-electron chi connectivity index (χ3n) is 3.55. The Labute approximate surface area is 104 Å². The van der Waals surface area contributed by atoms with Crippen molar-refractivity contribution in [3.8, 4) is 12.3 Å². The number of hydrogen-bond donors (Lipinski definition) is 2. The topological polar surface area (TPSA) is 58.4 Å². The number of carbonyl (C=O) groups excluding carboxylic acids is 1. The zero-order valence-corrected chi connectivity index (χ0v) is 10.8. The van der Waals surface area contributed by atoms with Gasteiger partial charge in [0.1, 0.15) is 0 Å². The molecule has 0 bridgehead atoms. The highest BCUT2D eigenvalue weighted by atomic mass is 16.2. The van der Waals surface area contributed by atoms with Gasteiger partial charge in [-0.1, -0.05) is 12.3 Å². The van der Waals surface area contributed by atoms with Crippen LogP contribution in [-0.4, -0.2) is 42.0 Å². The van der Waals surface area contributed by atoms with Crippen LogP contribution in [0.5, 0.6) is 0 Å². The van der Waals surface area contributed by atoms with Crippen LogP contribution in [0.4, 0.5) is 0 Å². The van der Waals surface area contributed by atoms with E-state index >= 15 is 0 Å². The number of nitrogens with two attached hydrogens (primary N) is 1. The molecule has 0 aromatic carbocycles. The molecule has 0 aliphatic carbocycles. The molecule has 4 nitrogen and oxygen atoms in total. The fourth-order valence-electron chi connectivity index (χ4n) is 2.67. The molecule has 0 saturated carbocycles. The Morgan fingerprint density at radius 2 is 2.35 bits per heavy atom. The molecule has 1 aliphatic heterocycles. The lowest BCUT2D eigenvalue weighted by molar-refractivity contribution is -0.128. The second-order valence-corrected chi connectivity index (χ2v) is 4.71. The van der Waals surface area contributed by atoms with Crippen molar-refractivity contribution >= 4 is 5.91 Å². The highest BCUT2D eigenvalue weighted by molar-refractivity contribution is 5.81. The molecule has 3 N–H and O–H groups in total. The van der Waals surface area contributed by atoms with Crippen LogP contribution in [0.25, 0.3) is 0 Å². The quantitative estimate of drug-likeness (QED) is 0.693. The summed E-state index contributed by atoms with van der Waals surface area (Å²) in [5.41, 5.74) is 5.79. The molecule has 4 heteroatoms. The molecule has 1 saturated heterocycles. The Bertz CT molecular complexity index is 298. The summed E-state index contributed by atoms with van der Waals surface area (Å²) in [6.45, 7) is 4.99. The van der Waals surface area contributed by atoms with E-state index in [2.05, 4.69) is 23.1 Å². The first-order chi connectivity index (χ1) is 8.11. The smallest absolute Gasteiger partial charge is 0.237 e. The first-order valence-corrected chi connectivity index (χ1v) is 6.30. The number of hydrogen-bond acceptors (Lipinski definition) is 3. The van der Waals surface area contributed by atoms with Crippen LogP contribution >= 0.6 is 0 Å². The van der Waals surface area contributed by atoms with Gasteiger partial charge in [0.2, 0.25) is 5.91 Å². The van der Waals surface area contributed by atoms with Crippen LogP contribution in [-0.2, 0) is 4.79 Å². The van der Waals surface area contributed by atoms with Gasteiger partial charge < -0.3 is 11.1 Å². The van der Waals surface area contributed by atoms with Gasteiger partial charge in [-0.3, -0.25) is 9.69 Å². The zero-order valence-electron chi connectivity index (χ0n) is 10.8. The zero-order chi connectivity index (χ0) is 12.8. The van der Waals surface area contributed by atoms with Crippen molar-refractivity contribution in [3.05, 3.63) is 0 Å². The summed E-state index contributed by atoms with van der Waals surface area (Å²) >= 11 is 0. The minimum atomic E-state index is -0.160.